The second-order valence-electron chi connectivity index (χ2n) is 13.7. The summed E-state index contributed by atoms with van der Waals surface area (Å²) in [6.07, 6.45) is 7.09. The molecule has 1 saturated carbocycles. The molecule has 13 heteroatoms. The van der Waals surface area contributed by atoms with Crippen molar-refractivity contribution in [3.05, 3.63) is 35.9 Å². The molecule has 0 spiro atoms. The zero-order valence-corrected chi connectivity index (χ0v) is 28.9. The molecule has 1 aromatic rings. The summed E-state index contributed by atoms with van der Waals surface area (Å²) >= 11 is 0. The van der Waals surface area contributed by atoms with Crippen LogP contribution in [-0.4, -0.2) is 94.9 Å². The highest BCUT2D eigenvalue weighted by Crippen LogP contribution is 2.28. The van der Waals surface area contributed by atoms with Crippen molar-refractivity contribution in [2.75, 3.05) is 13.1 Å². The van der Waals surface area contributed by atoms with Gasteiger partial charge in [-0.15, -0.1) is 0 Å². The van der Waals surface area contributed by atoms with Crippen LogP contribution in [0.15, 0.2) is 30.3 Å². The fraction of sp³-hybridized carbons (Fsp3) is 0.667. The van der Waals surface area contributed by atoms with Crippen molar-refractivity contribution in [3.63, 3.8) is 0 Å². The first-order chi connectivity index (χ1) is 23.6. The third-order valence-electron chi connectivity index (χ3n) is 9.96. The van der Waals surface area contributed by atoms with E-state index in [4.69, 9.17) is 0 Å². The molecule has 0 unspecified atom stereocenters. The Bertz CT molecular complexity index is 1300. The van der Waals surface area contributed by atoms with E-state index in [-0.39, 0.29) is 24.7 Å². The van der Waals surface area contributed by atoms with Gasteiger partial charge in [0.25, 0.3) is 0 Å². The van der Waals surface area contributed by atoms with Crippen molar-refractivity contribution in [1.82, 2.24) is 31.5 Å². The molecular formula is C36H54N6O7. The number of hydrogen-bond donors (Lipinski definition) is 6. The van der Waals surface area contributed by atoms with Crippen molar-refractivity contribution in [2.24, 2.45) is 5.92 Å². The molecule has 1 aliphatic carbocycles. The van der Waals surface area contributed by atoms with E-state index in [0.717, 1.165) is 24.8 Å². The average molecular weight is 683 g/mol. The Morgan fingerprint density at radius 2 is 1.55 bits per heavy atom. The summed E-state index contributed by atoms with van der Waals surface area (Å²) in [5.74, 6) is -2.39. The third kappa shape index (κ3) is 11.0. The van der Waals surface area contributed by atoms with E-state index in [0.29, 0.717) is 57.5 Å². The Labute approximate surface area is 289 Å². The second kappa shape index (κ2) is 18.7. The number of hydrogen-bond acceptors (Lipinski definition) is 7. The van der Waals surface area contributed by atoms with Crippen molar-refractivity contribution in [1.29, 1.82) is 0 Å². The van der Waals surface area contributed by atoms with Crippen molar-refractivity contribution in [3.8, 4) is 0 Å². The number of aliphatic hydroxyl groups is 1. The van der Waals surface area contributed by atoms with Gasteiger partial charge in [0.2, 0.25) is 35.4 Å². The number of fused-ring (bicyclic) bond motifs is 1. The standard InChI is InChI=1S/C36H54N6O7/c1-3-26-32(45)41-31(23(2)43)35(48)40-28(22-25-14-5-4-6-15-25)36(49)42-21-11-17-29(42)34(47)37-20-10-9-16-27(33(46)39-26)38-30(44)19-18-24-12-7-8-13-24/h4-6,14-15,23-24,26-29,31,43H,3,7-13,16-22H2,1-2H3,(H,37,47)(H,38,44)(H,39,46)(H,40,48)(H,41,45)/t23-,26+,27+,28-,29+,31+/m1/s1. The summed E-state index contributed by atoms with van der Waals surface area (Å²) in [6, 6.07) is 3.99. The summed E-state index contributed by atoms with van der Waals surface area (Å²) < 4.78 is 0. The number of nitrogens with one attached hydrogen (secondary N) is 5. The molecule has 2 heterocycles. The molecule has 0 aromatic heterocycles. The molecule has 6 atom stereocenters. The highest BCUT2D eigenvalue weighted by molar-refractivity contribution is 5.97. The lowest BCUT2D eigenvalue weighted by atomic mass is 10.0. The number of rotatable bonds is 8. The van der Waals surface area contributed by atoms with Crippen LogP contribution in [0, 0.1) is 5.92 Å². The summed E-state index contributed by atoms with van der Waals surface area (Å²) in [4.78, 5) is 82.4. The Hall–Kier alpha value is -4.00. The molecule has 1 aromatic carbocycles. The monoisotopic (exact) mass is 682 g/mol. The zero-order chi connectivity index (χ0) is 35.3. The maximum Gasteiger partial charge on any atom is 0.246 e. The fourth-order valence-corrected chi connectivity index (χ4v) is 7.07. The van der Waals surface area contributed by atoms with Crippen LogP contribution < -0.4 is 26.6 Å². The lowest BCUT2D eigenvalue weighted by Gasteiger charge is -2.30. The predicted octanol–water partition coefficient (Wildman–Crippen LogP) is 1.22. The molecule has 3 fully saturated rings. The number of aliphatic hydroxyl groups excluding tert-OH is 1. The topological polar surface area (TPSA) is 186 Å². The van der Waals surface area contributed by atoms with E-state index >= 15 is 0 Å². The van der Waals surface area contributed by atoms with E-state index in [1.165, 1.54) is 24.7 Å². The quantitative estimate of drug-likeness (QED) is 0.238. The lowest BCUT2D eigenvalue weighted by molar-refractivity contribution is -0.142. The Kier molecular flexibility index (Phi) is 14.4. The van der Waals surface area contributed by atoms with Crippen LogP contribution in [0.4, 0.5) is 0 Å². The van der Waals surface area contributed by atoms with Gasteiger partial charge in [0.15, 0.2) is 0 Å². The first-order valence-corrected chi connectivity index (χ1v) is 18.1. The largest absolute Gasteiger partial charge is 0.391 e. The van der Waals surface area contributed by atoms with E-state index in [1.807, 2.05) is 30.3 Å². The van der Waals surface area contributed by atoms with Crippen LogP contribution in [0.1, 0.15) is 96.5 Å². The fourth-order valence-electron chi connectivity index (χ4n) is 7.07. The van der Waals surface area contributed by atoms with E-state index < -0.39 is 59.9 Å². The predicted molar refractivity (Wildman–Crippen MR) is 183 cm³/mol. The van der Waals surface area contributed by atoms with Gasteiger partial charge >= 0.3 is 0 Å². The molecule has 2 aliphatic heterocycles. The smallest absolute Gasteiger partial charge is 0.246 e. The van der Waals surface area contributed by atoms with Gasteiger partial charge < -0.3 is 36.6 Å². The molecular weight excluding hydrogens is 628 g/mol. The van der Waals surface area contributed by atoms with Gasteiger partial charge in [0.1, 0.15) is 30.2 Å². The summed E-state index contributed by atoms with van der Waals surface area (Å²) in [5.41, 5.74) is 0.784. The van der Waals surface area contributed by atoms with Gasteiger partial charge in [-0.25, -0.2) is 0 Å². The van der Waals surface area contributed by atoms with Crippen molar-refractivity contribution in [2.45, 2.75) is 134 Å². The van der Waals surface area contributed by atoms with E-state index in [2.05, 4.69) is 26.6 Å². The Balaban J connectivity index is 1.55. The molecule has 0 radical (unpaired) electrons. The van der Waals surface area contributed by atoms with Gasteiger partial charge in [0.05, 0.1) is 6.10 Å². The Morgan fingerprint density at radius 3 is 2.24 bits per heavy atom. The summed E-state index contributed by atoms with van der Waals surface area (Å²) in [5, 5.41) is 24.4. The highest BCUT2D eigenvalue weighted by Gasteiger charge is 2.39. The van der Waals surface area contributed by atoms with Crippen LogP contribution >= 0.6 is 0 Å². The molecule has 0 bridgehead atoms. The molecule has 3 aliphatic rings. The minimum atomic E-state index is -1.43. The Morgan fingerprint density at radius 1 is 0.857 bits per heavy atom. The minimum absolute atomic E-state index is 0.137. The van der Waals surface area contributed by atoms with Crippen molar-refractivity contribution < 1.29 is 33.9 Å². The van der Waals surface area contributed by atoms with Crippen LogP contribution in [0.5, 0.6) is 0 Å². The minimum Gasteiger partial charge on any atom is -0.391 e. The number of nitrogens with zero attached hydrogens (tertiary/aromatic N) is 1. The van der Waals surface area contributed by atoms with Gasteiger partial charge in [-0.05, 0) is 63.4 Å². The van der Waals surface area contributed by atoms with Crippen LogP contribution in [-0.2, 0) is 35.2 Å². The van der Waals surface area contributed by atoms with Crippen LogP contribution in [0.3, 0.4) is 0 Å². The SMILES string of the molecule is CC[C@@H]1NC(=O)[C@@H](NC(=O)CCC2CCCC2)CCCCNC(=O)[C@@H]2CCCN2C(=O)[C@@H](Cc2ccccc2)NC(=O)[C@H]([C@@H](C)O)NC1=O. The van der Waals surface area contributed by atoms with E-state index in [9.17, 15) is 33.9 Å². The van der Waals surface area contributed by atoms with Crippen LogP contribution in [0.25, 0.3) is 0 Å². The number of amides is 6. The number of carbonyl (C=O) groups is 6. The molecule has 6 N–H and O–H groups in total. The van der Waals surface area contributed by atoms with Gasteiger partial charge in [-0.1, -0.05) is 62.9 Å². The second-order valence-corrected chi connectivity index (χ2v) is 13.7. The van der Waals surface area contributed by atoms with Gasteiger partial charge in [-0.2, -0.15) is 0 Å². The molecule has 4 rings (SSSR count). The molecule has 13 nitrogen and oxygen atoms in total. The number of benzene rings is 1. The lowest BCUT2D eigenvalue weighted by Crippen LogP contribution is -2.61. The summed E-state index contributed by atoms with van der Waals surface area (Å²) in [7, 11) is 0. The van der Waals surface area contributed by atoms with Gasteiger partial charge in [-0.3, -0.25) is 28.8 Å². The summed E-state index contributed by atoms with van der Waals surface area (Å²) in [6.45, 7) is 3.73. The highest BCUT2D eigenvalue weighted by atomic mass is 16.3. The molecule has 6 amide bonds. The van der Waals surface area contributed by atoms with Gasteiger partial charge in [0, 0.05) is 25.9 Å². The number of carbonyl (C=O) groups excluding carboxylic acids is 6. The van der Waals surface area contributed by atoms with E-state index in [1.54, 1.807) is 6.92 Å². The molecule has 2 saturated heterocycles. The molecule has 270 valence electrons. The average Bonchev–Trinajstić information content (AvgIpc) is 3.80. The first kappa shape index (κ1) is 37.8. The molecule has 49 heavy (non-hydrogen) atoms. The first-order valence-electron chi connectivity index (χ1n) is 18.1. The zero-order valence-electron chi connectivity index (χ0n) is 28.9. The van der Waals surface area contributed by atoms with Crippen LogP contribution in [0.2, 0.25) is 0 Å². The normalized spacial score (nSPS) is 27.4. The maximum absolute atomic E-state index is 14.0. The van der Waals surface area contributed by atoms with Crippen molar-refractivity contribution >= 4 is 35.4 Å². The third-order valence-corrected chi connectivity index (χ3v) is 9.96. The maximum atomic E-state index is 14.0.